The SMILES string of the molecule is CC(C)C(Sc1ncccc1N)C(=O)NN. The molecule has 1 aromatic rings. The Bertz CT molecular complexity index is 370. The van der Waals surface area contributed by atoms with Gasteiger partial charge in [-0.25, -0.2) is 10.8 Å². The summed E-state index contributed by atoms with van der Waals surface area (Å²) in [6, 6.07) is 3.51. The molecule has 1 rings (SSSR count). The van der Waals surface area contributed by atoms with Gasteiger partial charge in [-0.3, -0.25) is 10.2 Å². The molecule has 1 aromatic heterocycles. The number of rotatable bonds is 4. The molecule has 0 aliphatic carbocycles. The van der Waals surface area contributed by atoms with Crippen molar-refractivity contribution < 1.29 is 4.79 Å². The number of pyridine rings is 1. The van der Waals surface area contributed by atoms with Crippen molar-refractivity contribution in [3.63, 3.8) is 0 Å². The van der Waals surface area contributed by atoms with Crippen molar-refractivity contribution in [1.29, 1.82) is 0 Å². The van der Waals surface area contributed by atoms with Crippen molar-refractivity contribution in [3.05, 3.63) is 18.3 Å². The first-order valence-electron chi connectivity index (χ1n) is 4.94. The van der Waals surface area contributed by atoms with E-state index in [1.807, 2.05) is 13.8 Å². The number of thioether (sulfide) groups is 1. The predicted molar refractivity (Wildman–Crippen MR) is 65.5 cm³/mol. The van der Waals surface area contributed by atoms with Crippen LogP contribution in [0.4, 0.5) is 5.69 Å². The third-order valence-corrected chi connectivity index (χ3v) is 3.62. The Hall–Kier alpha value is -1.27. The lowest BCUT2D eigenvalue weighted by Gasteiger charge is -2.18. The molecule has 5 nitrogen and oxygen atoms in total. The van der Waals surface area contributed by atoms with Crippen LogP contribution in [0.5, 0.6) is 0 Å². The minimum Gasteiger partial charge on any atom is -0.397 e. The van der Waals surface area contributed by atoms with Crippen LogP contribution < -0.4 is 17.0 Å². The number of nitrogens with zero attached hydrogens (tertiary/aromatic N) is 1. The summed E-state index contributed by atoms with van der Waals surface area (Å²) in [5.41, 5.74) is 8.49. The Morgan fingerprint density at radius 1 is 1.56 bits per heavy atom. The van der Waals surface area contributed by atoms with Crippen LogP contribution in [0.3, 0.4) is 0 Å². The van der Waals surface area contributed by atoms with Gasteiger partial charge in [0.25, 0.3) is 0 Å². The van der Waals surface area contributed by atoms with E-state index in [-0.39, 0.29) is 17.1 Å². The van der Waals surface area contributed by atoms with E-state index in [1.165, 1.54) is 11.8 Å². The fraction of sp³-hybridized carbons (Fsp3) is 0.400. The number of hydrogen-bond donors (Lipinski definition) is 3. The summed E-state index contributed by atoms with van der Waals surface area (Å²) in [5, 5.41) is 0.368. The van der Waals surface area contributed by atoms with E-state index < -0.39 is 0 Å². The van der Waals surface area contributed by atoms with Gasteiger partial charge in [-0.2, -0.15) is 0 Å². The molecule has 0 radical (unpaired) electrons. The Morgan fingerprint density at radius 3 is 2.75 bits per heavy atom. The van der Waals surface area contributed by atoms with Gasteiger partial charge in [0.1, 0.15) is 5.03 Å². The van der Waals surface area contributed by atoms with Gasteiger partial charge in [0.2, 0.25) is 5.91 Å². The lowest BCUT2D eigenvalue weighted by Crippen LogP contribution is -2.40. The second kappa shape index (κ2) is 5.72. The van der Waals surface area contributed by atoms with Crippen LogP contribution in [0.25, 0.3) is 0 Å². The Labute approximate surface area is 99.0 Å². The van der Waals surface area contributed by atoms with Crippen LogP contribution in [-0.2, 0) is 4.79 Å². The Balaban J connectivity index is 2.84. The highest BCUT2D eigenvalue weighted by Crippen LogP contribution is 2.30. The fourth-order valence-corrected chi connectivity index (χ4v) is 2.21. The van der Waals surface area contributed by atoms with Crippen LogP contribution in [0.2, 0.25) is 0 Å². The molecule has 0 aromatic carbocycles. The maximum Gasteiger partial charge on any atom is 0.247 e. The van der Waals surface area contributed by atoms with Crippen molar-refractivity contribution in [1.82, 2.24) is 10.4 Å². The van der Waals surface area contributed by atoms with E-state index >= 15 is 0 Å². The average Bonchev–Trinajstić information content (AvgIpc) is 2.26. The molecule has 0 aliphatic heterocycles. The molecule has 0 bridgehead atoms. The van der Waals surface area contributed by atoms with Crippen LogP contribution >= 0.6 is 11.8 Å². The van der Waals surface area contributed by atoms with Crippen LogP contribution in [0.15, 0.2) is 23.4 Å². The van der Waals surface area contributed by atoms with E-state index in [2.05, 4.69) is 10.4 Å². The number of carbonyl (C=O) groups excluding carboxylic acids is 1. The van der Waals surface area contributed by atoms with E-state index in [9.17, 15) is 4.79 Å². The summed E-state index contributed by atoms with van der Waals surface area (Å²) < 4.78 is 0. The summed E-state index contributed by atoms with van der Waals surface area (Å²) in [6.07, 6.45) is 1.65. The third-order valence-electron chi connectivity index (χ3n) is 2.05. The Kier molecular flexibility index (Phi) is 4.57. The first-order chi connectivity index (χ1) is 7.56. The highest BCUT2D eigenvalue weighted by atomic mass is 32.2. The van der Waals surface area contributed by atoms with Gasteiger partial charge in [-0.1, -0.05) is 25.6 Å². The number of nitrogens with two attached hydrogens (primary N) is 2. The monoisotopic (exact) mass is 240 g/mol. The van der Waals surface area contributed by atoms with Crippen molar-refractivity contribution in [3.8, 4) is 0 Å². The number of nitrogen functional groups attached to an aromatic ring is 1. The van der Waals surface area contributed by atoms with Gasteiger partial charge in [0.05, 0.1) is 10.9 Å². The molecule has 0 aliphatic rings. The number of hydrazine groups is 1. The largest absolute Gasteiger partial charge is 0.397 e. The van der Waals surface area contributed by atoms with Crippen molar-refractivity contribution >= 4 is 23.4 Å². The van der Waals surface area contributed by atoms with Crippen molar-refractivity contribution in [2.75, 3.05) is 5.73 Å². The summed E-state index contributed by atoms with van der Waals surface area (Å²) in [4.78, 5) is 15.7. The summed E-state index contributed by atoms with van der Waals surface area (Å²) in [6.45, 7) is 3.90. The minimum atomic E-state index is -0.290. The van der Waals surface area contributed by atoms with E-state index in [0.29, 0.717) is 10.7 Å². The number of nitrogens with one attached hydrogen (secondary N) is 1. The molecule has 6 heteroatoms. The topological polar surface area (TPSA) is 94.0 Å². The zero-order chi connectivity index (χ0) is 12.1. The number of aromatic nitrogens is 1. The van der Waals surface area contributed by atoms with E-state index in [1.54, 1.807) is 18.3 Å². The number of carbonyl (C=O) groups is 1. The molecule has 1 amide bonds. The quantitative estimate of drug-likeness (QED) is 0.313. The lowest BCUT2D eigenvalue weighted by molar-refractivity contribution is -0.121. The van der Waals surface area contributed by atoms with E-state index in [4.69, 9.17) is 11.6 Å². The second-order valence-electron chi connectivity index (χ2n) is 3.69. The summed E-state index contributed by atoms with van der Waals surface area (Å²) >= 11 is 1.33. The van der Waals surface area contributed by atoms with Crippen LogP contribution in [0.1, 0.15) is 13.8 Å². The number of hydrogen-bond acceptors (Lipinski definition) is 5. The highest BCUT2D eigenvalue weighted by molar-refractivity contribution is 8.00. The first-order valence-corrected chi connectivity index (χ1v) is 5.81. The molecule has 16 heavy (non-hydrogen) atoms. The molecule has 1 unspecified atom stereocenters. The molecule has 0 spiro atoms. The lowest BCUT2D eigenvalue weighted by atomic mass is 10.1. The number of anilines is 1. The van der Waals surface area contributed by atoms with Crippen LogP contribution in [-0.4, -0.2) is 16.1 Å². The van der Waals surface area contributed by atoms with Crippen molar-refractivity contribution in [2.24, 2.45) is 11.8 Å². The second-order valence-corrected chi connectivity index (χ2v) is 4.82. The number of amides is 1. The van der Waals surface area contributed by atoms with E-state index in [0.717, 1.165) is 0 Å². The Morgan fingerprint density at radius 2 is 2.25 bits per heavy atom. The molecule has 0 saturated carbocycles. The molecule has 5 N–H and O–H groups in total. The molecule has 1 heterocycles. The molecule has 0 fully saturated rings. The van der Waals surface area contributed by atoms with Gasteiger partial charge in [-0.15, -0.1) is 0 Å². The molecule has 88 valence electrons. The molecular weight excluding hydrogens is 224 g/mol. The maximum absolute atomic E-state index is 11.5. The standard InChI is InChI=1S/C10H16N4OS/c1-6(2)8(9(15)14-12)16-10-7(11)4-3-5-13-10/h3-6,8H,11-12H2,1-2H3,(H,14,15). The van der Waals surface area contributed by atoms with Gasteiger partial charge in [0, 0.05) is 6.20 Å². The van der Waals surface area contributed by atoms with Gasteiger partial charge < -0.3 is 5.73 Å². The first kappa shape index (κ1) is 12.8. The van der Waals surface area contributed by atoms with Gasteiger partial charge in [-0.05, 0) is 18.1 Å². The van der Waals surface area contributed by atoms with Gasteiger partial charge >= 0.3 is 0 Å². The smallest absolute Gasteiger partial charge is 0.247 e. The highest BCUT2D eigenvalue weighted by Gasteiger charge is 2.23. The van der Waals surface area contributed by atoms with Crippen molar-refractivity contribution in [2.45, 2.75) is 24.1 Å². The summed E-state index contributed by atoms with van der Waals surface area (Å²) in [5.74, 6) is 5.07. The normalized spacial score (nSPS) is 12.5. The fourth-order valence-electron chi connectivity index (χ4n) is 1.20. The average molecular weight is 240 g/mol. The van der Waals surface area contributed by atoms with Crippen LogP contribution in [0, 0.1) is 5.92 Å². The third kappa shape index (κ3) is 3.11. The minimum absolute atomic E-state index is 0.148. The molecule has 1 atom stereocenters. The zero-order valence-electron chi connectivity index (χ0n) is 9.31. The zero-order valence-corrected chi connectivity index (χ0v) is 10.1. The molecule has 0 saturated heterocycles. The maximum atomic E-state index is 11.5. The van der Waals surface area contributed by atoms with Gasteiger partial charge in [0.15, 0.2) is 0 Å². The summed E-state index contributed by atoms with van der Waals surface area (Å²) in [7, 11) is 0. The predicted octanol–water partition coefficient (Wildman–Crippen LogP) is 0.770. The molecular formula is C10H16N4OS.